The van der Waals surface area contributed by atoms with Crippen LogP contribution in [0.15, 0.2) is 56.3 Å². The Bertz CT molecular complexity index is 1900. The Morgan fingerprint density at radius 3 is 2.47 bits per heavy atom. The minimum absolute atomic E-state index is 0. The Hall–Kier alpha value is -2.96. The van der Waals surface area contributed by atoms with Gasteiger partial charge in [-0.2, -0.15) is 0 Å². The molecule has 12 nitrogen and oxygen atoms in total. The van der Waals surface area contributed by atoms with Gasteiger partial charge in [-0.05, 0) is 36.4 Å². The van der Waals surface area contributed by atoms with Crippen LogP contribution in [0.5, 0.6) is 5.88 Å². The van der Waals surface area contributed by atoms with Crippen molar-refractivity contribution in [2.24, 2.45) is 10.2 Å². The number of thiazole rings is 1. The van der Waals surface area contributed by atoms with Gasteiger partial charge in [0.1, 0.15) is 10.1 Å². The van der Waals surface area contributed by atoms with E-state index in [-0.39, 0.29) is 88.6 Å². The maximum absolute atomic E-state index is 13.2. The molecule has 2 heterocycles. The number of hydrogen-bond acceptors (Lipinski definition) is 10. The van der Waals surface area contributed by atoms with Crippen LogP contribution in [0.1, 0.15) is 15.9 Å². The molecule has 0 radical (unpaired) electrons. The number of aromatic carboxylic acids is 1. The molecule has 0 fully saturated rings. The second-order valence-corrected chi connectivity index (χ2v) is 9.81. The van der Waals surface area contributed by atoms with E-state index in [9.17, 15) is 27.7 Å². The van der Waals surface area contributed by atoms with Gasteiger partial charge in [-0.15, -0.1) is 16.7 Å². The van der Waals surface area contributed by atoms with Crippen molar-refractivity contribution < 1.29 is 79.4 Å². The first kappa shape index (κ1) is 29.6. The number of rotatable bonds is 5. The third-order valence-electron chi connectivity index (χ3n) is 4.87. The second kappa shape index (κ2) is 11.4. The van der Waals surface area contributed by atoms with Gasteiger partial charge >= 0.3 is 57.4 Å². The Morgan fingerprint density at radius 2 is 1.92 bits per heavy atom. The third kappa shape index (κ3) is 5.57. The second-order valence-electron chi connectivity index (χ2n) is 7.05. The maximum Gasteiger partial charge on any atom is 1.00 e. The van der Waals surface area contributed by atoms with Crippen LogP contribution >= 0.6 is 22.9 Å². The molecular weight excluding hydrogens is 585 g/mol. The van der Waals surface area contributed by atoms with E-state index in [1.54, 1.807) is 0 Å². The van der Waals surface area contributed by atoms with E-state index in [0.29, 0.717) is 0 Å². The van der Waals surface area contributed by atoms with Crippen LogP contribution in [0.4, 0.5) is 16.5 Å². The fourth-order valence-electron chi connectivity index (χ4n) is 3.21. The molecule has 4 aromatic rings. The summed E-state index contributed by atoms with van der Waals surface area (Å²) in [7, 11) is -4.84. The summed E-state index contributed by atoms with van der Waals surface area (Å²) < 4.78 is 35.1. The van der Waals surface area contributed by atoms with Crippen molar-refractivity contribution in [3.05, 3.63) is 74.3 Å². The van der Waals surface area contributed by atoms with Gasteiger partial charge in [0.25, 0.3) is 11.2 Å². The SMILES string of the molecule is [C-]#[N+]c1c(C#C)c(N=Nc2nc3cc(Cl)c(S(=O)(=O)[O-])cc3s2)c(=O)n(-c2ccc(C(=O)O)cc2)c1O.[K+]. The predicted molar refractivity (Wildman–Crippen MR) is 132 cm³/mol. The molecule has 0 aliphatic carbocycles. The van der Waals surface area contributed by atoms with E-state index in [1.807, 2.05) is 0 Å². The maximum atomic E-state index is 13.2. The van der Waals surface area contributed by atoms with Crippen LogP contribution in [0, 0.1) is 18.9 Å². The van der Waals surface area contributed by atoms with Crippen molar-refractivity contribution in [3.63, 3.8) is 0 Å². The summed E-state index contributed by atoms with van der Waals surface area (Å²) in [5.74, 6) is 0.149. The molecule has 0 saturated heterocycles. The van der Waals surface area contributed by atoms with Crippen LogP contribution in [0.2, 0.25) is 5.02 Å². The molecule has 0 amide bonds. The van der Waals surface area contributed by atoms with Gasteiger partial charge in [0.05, 0.1) is 43.5 Å². The molecule has 0 saturated carbocycles. The van der Waals surface area contributed by atoms with Crippen molar-refractivity contribution in [1.82, 2.24) is 9.55 Å². The number of benzene rings is 2. The first-order chi connectivity index (χ1) is 17.5. The molecule has 16 heteroatoms. The average Bonchev–Trinajstić information content (AvgIpc) is 3.23. The Balaban J connectivity index is 0.00000400. The van der Waals surface area contributed by atoms with Crippen LogP contribution in [-0.2, 0) is 10.1 Å². The summed E-state index contributed by atoms with van der Waals surface area (Å²) in [5.41, 5.74) is -2.12. The standard InChI is InChI=1S/C22H10ClN5O7S2.K/c1-3-12-17(24-2)19(29)28(11-6-4-10(5-7-11)21(31)32)20(30)18(12)26-27-22-25-14-8-13(23)16(37(33,34)35)9-15(14)36-22;/h1,4-9,29H,(H,31,32)(H,33,34,35);/q;+1/p-1. The number of hydrogen-bond donors (Lipinski definition) is 2. The van der Waals surface area contributed by atoms with Gasteiger partial charge < -0.3 is 14.8 Å². The monoisotopic (exact) mass is 593 g/mol. The van der Waals surface area contributed by atoms with Gasteiger partial charge in [-0.3, -0.25) is 9.36 Å². The van der Waals surface area contributed by atoms with Crippen LogP contribution in [0.25, 0.3) is 20.7 Å². The quantitative estimate of drug-likeness (QED) is 0.114. The third-order valence-corrected chi connectivity index (χ3v) is 7.07. The summed E-state index contributed by atoms with van der Waals surface area (Å²) in [6.45, 7) is 7.41. The summed E-state index contributed by atoms with van der Waals surface area (Å²) in [4.78, 5) is 31.0. The van der Waals surface area contributed by atoms with Crippen molar-refractivity contribution in [1.29, 1.82) is 0 Å². The van der Waals surface area contributed by atoms with E-state index in [2.05, 4.69) is 26.0 Å². The summed E-state index contributed by atoms with van der Waals surface area (Å²) in [5, 5.41) is 27.0. The van der Waals surface area contributed by atoms with Crippen molar-refractivity contribution in [2.45, 2.75) is 4.90 Å². The smallest absolute Gasteiger partial charge is 0.744 e. The molecule has 2 N–H and O–H groups in total. The van der Waals surface area contributed by atoms with E-state index < -0.39 is 43.8 Å². The number of carboxylic acid groups (broad SMARTS) is 1. The van der Waals surface area contributed by atoms with E-state index in [0.717, 1.165) is 28.0 Å². The largest absolute Gasteiger partial charge is 1.00 e. The molecule has 4 rings (SSSR count). The molecule has 0 unspecified atom stereocenters. The molecule has 0 aliphatic rings. The zero-order valence-corrected chi connectivity index (χ0v) is 24.4. The number of carbonyl (C=O) groups is 1. The summed E-state index contributed by atoms with van der Waals surface area (Å²) >= 11 is 6.70. The van der Waals surface area contributed by atoms with Crippen LogP contribution in [-0.4, -0.2) is 38.7 Å². The Morgan fingerprint density at radius 1 is 1.26 bits per heavy atom. The molecule has 38 heavy (non-hydrogen) atoms. The number of fused-ring (bicyclic) bond motifs is 1. The fraction of sp³-hybridized carbons (Fsp3) is 0. The van der Waals surface area contributed by atoms with Crippen LogP contribution < -0.4 is 56.9 Å². The van der Waals surface area contributed by atoms with Gasteiger partial charge in [0.2, 0.25) is 11.0 Å². The Kier molecular flexibility index (Phi) is 8.89. The first-order valence-electron chi connectivity index (χ1n) is 9.63. The molecule has 2 aromatic carbocycles. The van der Waals surface area contributed by atoms with Crippen molar-refractivity contribution >= 4 is 65.7 Å². The first-order valence-corrected chi connectivity index (χ1v) is 12.2. The number of carboxylic acids is 1. The van der Waals surface area contributed by atoms with Crippen molar-refractivity contribution in [2.75, 3.05) is 0 Å². The molecule has 0 spiro atoms. The topological polar surface area (TPSA) is 179 Å². The average molecular weight is 594 g/mol. The zero-order valence-electron chi connectivity index (χ0n) is 18.9. The number of halogens is 1. The zero-order chi connectivity index (χ0) is 27.1. The van der Waals surface area contributed by atoms with E-state index in [4.69, 9.17) is 29.7 Å². The number of pyridine rings is 1. The van der Waals surface area contributed by atoms with Gasteiger partial charge in [-0.1, -0.05) is 28.9 Å². The normalized spacial score (nSPS) is 11.2. The Labute approximate surface area is 265 Å². The van der Waals surface area contributed by atoms with Gasteiger partial charge in [0, 0.05) is 0 Å². The number of nitrogens with zero attached hydrogens (tertiary/aromatic N) is 5. The molecule has 2 aromatic heterocycles. The number of aromatic nitrogens is 2. The summed E-state index contributed by atoms with van der Waals surface area (Å²) in [6, 6.07) is 7.08. The fourth-order valence-corrected chi connectivity index (χ4v) is 5.10. The molecule has 0 aliphatic heterocycles. The van der Waals surface area contributed by atoms with Gasteiger partial charge in [-0.25, -0.2) is 23.0 Å². The number of aromatic hydroxyl groups is 1. The number of azo groups is 1. The van der Waals surface area contributed by atoms with Gasteiger partial charge in [0.15, 0.2) is 5.69 Å². The van der Waals surface area contributed by atoms with E-state index >= 15 is 0 Å². The molecule has 0 atom stereocenters. The molecule has 0 bridgehead atoms. The minimum atomic E-state index is -4.84. The minimum Gasteiger partial charge on any atom is -0.744 e. The van der Waals surface area contributed by atoms with Crippen LogP contribution in [0.3, 0.4) is 0 Å². The molecule has 184 valence electrons. The summed E-state index contributed by atoms with van der Waals surface area (Å²) in [6.07, 6.45) is 5.48. The predicted octanol–water partition coefficient (Wildman–Crippen LogP) is 1.36. The number of terminal acetylenes is 1. The van der Waals surface area contributed by atoms with Crippen molar-refractivity contribution in [3.8, 4) is 23.9 Å². The van der Waals surface area contributed by atoms with E-state index in [1.165, 1.54) is 24.3 Å². The molecular formula is C22H9ClKN5O7S2.